The molecule has 19 heavy (non-hydrogen) atoms. The van der Waals surface area contributed by atoms with E-state index in [1.165, 1.54) is 22.1 Å². The van der Waals surface area contributed by atoms with Gasteiger partial charge in [0.2, 0.25) is 0 Å². The zero-order valence-electron chi connectivity index (χ0n) is 10.5. The van der Waals surface area contributed by atoms with Gasteiger partial charge in [0, 0.05) is 10.9 Å². The van der Waals surface area contributed by atoms with Crippen LogP contribution in [0.4, 0.5) is 5.69 Å². The molecule has 2 aromatic heterocycles. The maximum Gasteiger partial charge on any atom is 0.306 e. The molecule has 0 unspecified atom stereocenters. The van der Waals surface area contributed by atoms with Crippen molar-refractivity contribution in [2.45, 2.75) is 26.9 Å². The third kappa shape index (κ3) is 2.43. The zero-order chi connectivity index (χ0) is 14.3. The van der Waals surface area contributed by atoms with E-state index in [9.17, 15) is 15.2 Å². The van der Waals surface area contributed by atoms with Gasteiger partial charge in [-0.15, -0.1) is 11.3 Å². The Morgan fingerprint density at radius 3 is 2.63 bits per heavy atom. The summed E-state index contributed by atoms with van der Waals surface area (Å²) in [6.45, 7) is 5.23. The molecule has 0 aliphatic heterocycles. The first-order valence-electron chi connectivity index (χ1n) is 5.51. The van der Waals surface area contributed by atoms with Gasteiger partial charge in [0.25, 0.3) is 0 Å². The molecule has 2 heterocycles. The van der Waals surface area contributed by atoms with E-state index >= 15 is 0 Å². The molecule has 0 spiro atoms. The van der Waals surface area contributed by atoms with Crippen molar-refractivity contribution in [1.29, 1.82) is 0 Å². The van der Waals surface area contributed by atoms with Crippen LogP contribution in [-0.2, 0) is 0 Å². The standard InChI is InChI=1S/C11H12BrN3O3S/c1-5-10(12)6(2)14(13-5)11-8(15(17)18)4-9(19-11)7(3)16/h4,7,16H,1-3H3/t7-/m0/s1. The van der Waals surface area contributed by atoms with Gasteiger partial charge in [-0.3, -0.25) is 10.1 Å². The van der Waals surface area contributed by atoms with E-state index in [0.29, 0.717) is 9.88 Å². The molecule has 6 nitrogen and oxygen atoms in total. The van der Waals surface area contributed by atoms with Gasteiger partial charge in [-0.1, -0.05) is 0 Å². The third-order valence-electron chi connectivity index (χ3n) is 2.72. The Bertz CT molecular complexity index is 648. The number of nitrogens with zero attached hydrogens (tertiary/aromatic N) is 3. The van der Waals surface area contributed by atoms with Crippen LogP contribution >= 0.6 is 27.3 Å². The van der Waals surface area contributed by atoms with Crippen LogP contribution in [0, 0.1) is 24.0 Å². The first-order valence-corrected chi connectivity index (χ1v) is 7.12. The normalized spacial score (nSPS) is 12.7. The predicted octanol–water partition coefficient (Wildman–Crippen LogP) is 3.27. The summed E-state index contributed by atoms with van der Waals surface area (Å²) in [6, 6.07) is 1.40. The van der Waals surface area contributed by atoms with Crippen molar-refractivity contribution in [3.05, 3.63) is 36.9 Å². The van der Waals surface area contributed by atoms with Crippen molar-refractivity contribution in [3.63, 3.8) is 0 Å². The number of thiophene rings is 1. The molecule has 0 aliphatic rings. The third-order valence-corrected chi connectivity index (χ3v) is 5.13. The maximum atomic E-state index is 11.1. The van der Waals surface area contributed by atoms with Gasteiger partial charge in [0.05, 0.1) is 26.9 Å². The van der Waals surface area contributed by atoms with Crippen molar-refractivity contribution < 1.29 is 10.0 Å². The number of aryl methyl sites for hydroxylation is 1. The second-order valence-electron chi connectivity index (χ2n) is 4.17. The minimum Gasteiger partial charge on any atom is -0.388 e. The molecular formula is C11H12BrN3O3S. The van der Waals surface area contributed by atoms with Crippen LogP contribution in [0.15, 0.2) is 10.5 Å². The van der Waals surface area contributed by atoms with Crippen LogP contribution in [-0.4, -0.2) is 19.8 Å². The molecule has 1 atom stereocenters. The van der Waals surface area contributed by atoms with Gasteiger partial charge < -0.3 is 5.11 Å². The second-order valence-corrected chi connectivity index (χ2v) is 6.02. The molecule has 0 saturated carbocycles. The lowest BCUT2D eigenvalue weighted by molar-refractivity contribution is -0.384. The Morgan fingerprint density at radius 2 is 2.21 bits per heavy atom. The first-order chi connectivity index (χ1) is 8.82. The topological polar surface area (TPSA) is 81.2 Å². The number of aliphatic hydroxyl groups excluding tert-OH is 1. The van der Waals surface area contributed by atoms with Crippen molar-refractivity contribution in [2.75, 3.05) is 0 Å². The van der Waals surface area contributed by atoms with Crippen LogP contribution in [0.25, 0.3) is 5.00 Å². The summed E-state index contributed by atoms with van der Waals surface area (Å²) in [7, 11) is 0. The van der Waals surface area contributed by atoms with E-state index in [4.69, 9.17) is 0 Å². The maximum absolute atomic E-state index is 11.1. The molecule has 0 fully saturated rings. The molecule has 2 aromatic rings. The minimum atomic E-state index is -0.738. The SMILES string of the molecule is Cc1nn(-c2sc([C@H](C)O)cc2[N+](=O)[O-])c(C)c1Br. The first kappa shape index (κ1) is 14.2. The van der Waals surface area contributed by atoms with Crippen molar-refractivity contribution in [3.8, 4) is 5.00 Å². The molecule has 0 aromatic carbocycles. The number of aromatic nitrogens is 2. The second kappa shape index (κ2) is 5.03. The van der Waals surface area contributed by atoms with Crippen LogP contribution in [0.1, 0.15) is 29.3 Å². The summed E-state index contributed by atoms with van der Waals surface area (Å²) in [5, 5.41) is 25.4. The van der Waals surface area contributed by atoms with E-state index in [1.807, 2.05) is 13.8 Å². The summed E-state index contributed by atoms with van der Waals surface area (Å²) in [6.07, 6.45) is -0.738. The Morgan fingerprint density at radius 1 is 1.58 bits per heavy atom. The molecular weight excluding hydrogens is 334 g/mol. The fourth-order valence-corrected chi connectivity index (χ4v) is 3.01. The number of hydrogen-bond donors (Lipinski definition) is 1. The molecule has 0 saturated heterocycles. The van der Waals surface area contributed by atoms with Gasteiger partial charge in [0.1, 0.15) is 0 Å². The molecule has 0 radical (unpaired) electrons. The lowest BCUT2D eigenvalue weighted by Gasteiger charge is -2.00. The summed E-state index contributed by atoms with van der Waals surface area (Å²) >= 11 is 4.57. The van der Waals surface area contributed by atoms with Crippen LogP contribution < -0.4 is 0 Å². The highest BCUT2D eigenvalue weighted by Gasteiger charge is 2.25. The average Bonchev–Trinajstić information content (AvgIpc) is 2.87. The lowest BCUT2D eigenvalue weighted by Crippen LogP contribution is -2.00. The number of nitro groups is 1. The molecule has 8 heteroatoms. The Balaban J connectivity index is 2.66. The van der Waals surface area contributed by atoms with E-state index in [0.717, 1.165) is 15.9 Å². The lowest BCUT2D eigenvalue weighted by atomic mass is 10.3. The van der Waals surface area contributed by atoms with Crippen LogP contribution in [0.5, 0.6) is 0 Å². The smallest absolute Gasteiger partial charge is 0.306 e. The molecule has 0 aliphatic carbocycles. The number of halogens is 1. The zero-order valence-corrected chi connectivity index (χ0v) is 12.9. The van der Waals surface area contributed by atoms with Gasteiger partial charge in [-0.2, -0.15) is 5.10 Å². The highest BCUT2D eigenvalue weighted by atomic mass is 79.9. The Kier molecular flexibility index (Phi) is 3.75. The molecule has 0 bridgehead atoms. The quantitative estimate of drug-likeness (QED) is 0.683. The fourth-order valence-electron chi connectivity index (χ4n) is 1.70. The van der Waals surface area contributed by atoms with E-state index in [-0.39, 0.29) is 5.69 Å². The number of rotatable bonds is 3. The van der Waals surface area contributed by atoms with Crippen molar-refractivity contribution in [1.82, 2.24) is 9.78 Å². The Hall–Kier alpha value is -1.25. The number of aliphatic hydroxyl groups is 1. The molecule has 102 valence electrons. The van der Waals surface area contributed by atoms with E-state index in [1.54, 1.807) is 6.92 Å². The van der Waals surface area contributed by atoms with Crippen molar-refractivity contribution in [2.24, 2.45) is 0 Å². The molecule has 2 rings (SSSR count). The largest absolute Gasteiger partial charge is 0.388 e. The monoisotopic (exact) mass is 345 g/mol. The van der Waals surface area contributed by atoms with Crippen molar-refractivity contribution >= 4 is 33.0 Å². The summed E-state index contributed by atoms with van der Waals surface area (Å²) in [4.78, 5) is 11.2. The molecule has 0 amide bonds. The fraction of sp³-hybridized carbons (Fsp3) is 0.364. The van der Waals surface area contributed by atoms with Gasteiger partial charge in [-0.25, -0.2) is 4.68 Å². The summed E-state index contributed by atoms with van der Waals surface area (Å²) in [5.41, 5.74) is 1.51. The predicted molar refractivity (Wildman–Crippen MR) is 75.9 cm³/mol. The van der Waals surface area contributed by atoms with E-state index in [2.05, 4.69) is 21.0 Å². The van der Waals surface area contributed by atoms with Gasteiger partial charge in [-0.05, 0) is 36.7 Å². The van der Waals surface area contributed by atoms with Gasteiger partial charge in [0.15, 0.2) is 5.00 Å². The van der Waals surface area contributed by atoms with Crippen LogP contribution in [0.3, 0.4) is 0 Å². The van der Waals surface area contributed by atoms with E-state index < -0.39 is 11.0 Å². The van der Waals surface area contributed by atoms with Crippen LogP contribution in [0.2, 0.25) is 0 Å². The average molecular weight is 346 g/mol. The molecule has 1 N–H and O–H groups in total. The number of hydrogen-bond acceptors (Lipinski definition) is 5. The Labute approximate surface area is 122 Å². The summed E-state index contributed by atoms with van der Waals surface area (Å²) < 4.78 is 2.36. The summed E-state index contributed by atoms with van der Waals surface area (Å²) in [5.74, 6) is 0. The van der Waals surface area contributed by atoms with Gasteiger partial charge >= 0.3 is 5.69 Å². The highest BCUT2D eigenvalue weighted by Crippen LogP contribution is 2.37. The highest BCUT2D eigenvalue weighted by molar-refractivity contribution is 9.10. The minimum absolute atomic E-state index is 0.0426.